The third-order valence-electron chi connectivity index (χ3n) is 5.14. The molecule has 7 nitrogen and oxygen atoms in total. The van der Waals surface area contributed by atoms with Gasteiger partial charge in [0.1, 0.15) is 4.90 Å². The van der Waals surface area contributed by atoms with Crippen LogP contribution in [0, 0.1) is 12.8 Å². The SMILES string of the molecule is Cc1nc(-c2cccc(NC(=O)C3CCN(S(=O)(=O)c4cccnc4)CC3)c2)cs1. The summed E-state index contributed by atoms with van der Waals surface area (Å²) in [5.74, 6) is -0.310. The Balaban J connectivity index is 1.38. The fourth-order valence-corrected chi connectivity index (χ4v) is 5.56. The van der Waals surface area contributed by atoms with Crippen LogP contribution < -0.4 is 5.32 Å². The van der Waals surface area contributed by atoms with Gasteiger partial charge >= 0.3 is 0 Å². The Hall–Kier alpha value is -2.62. The number of anilines is 1. The molecule has 1 saturated heterocycles. The van der Waals surface area contributed by atoms with Crippen molar-refractivity contribution >= 4 is 33.0 Å². The van der Waals surface area contributed by atoms with E-state index in [0.717, 1.165) is 16.3 Å². The predicted molar refractivity (Wildman–Crippen MR) is 117 cm³/mol. The topological polar surface area (TPSA) is 92.3 Å². The fraction of sp³-hybridized carbons (Fsp3) is 0.286. The second-order valence-electron chi connectivity index (χ2n) is 7.19. The number of pyridine rings is 1. The van der Waals surface area contributed by atoms with Crippen molar-refractivity contribution in [1.29, 1.82) is 0 Å². The highest BCUT2D eigenvalue weighted by molar-refractivity contribution is 7.89. The Morgan fingerprint density at radius 1 is 1.20 bits per heavy atom. The first-order valence-electron chi connectivity index (χ1n) is 9.67. The van der Waals surface area contributed by atoms with Gasteiger partial charge in [-0.15, -0.1) is 11.3 Å². The number of benzene rings is 1. The molecule has 4 rings (SSSR count). The highest BCUT2D eigenvalue weighted by Crippen LogP contribution is 2.27. The van der Waals surface area contributed by atoms with E-state index in [-0.39, 0.29) is 16.7 Å². The van der Waals surface area contributed by atoms with Crippen molar-refractivity contribution in [3.05, 3.63) is 59.2 Å². The second kappa shape index (κ2) is 8.63. The number of rotatable bonds is 5. The zero-order chi connectivity index (χ0) is 21.1. The monoisotopic (exact) mass is 442 g/mol. The number of piperidine rings is 1. The summed E-state index contributed by atoms with van der Waals surface area (Å²) in [6.45, 7) is 2.58. The lowest BCUT2D eigenvalue weighted by atomic mass is 9.97. The summed E-state index contributed by atoms with van der Waals surface area (Å²) < 4.78 is 26.8. The number of aryl methyl sites for hydroxylation is 1. The van der Waals surface area contributed by atoms with Crippen molar-refractivity contribution in [2.75, 3.05) is 18.4 Å². The number of amides is 1. The van der Waals surface area contributed by atoms with Gasteiger partial charge in [-0.25, -0.2) is 13.4 Å². The number of thiazole rings is 1. The average Bonchev–Trinajstić information content (AvgIpc) is 3.21. The largest absolute Gasteiger partial charge is 0.326 e. The molecule has 9 heteroatoms. The van der Waals surface area contributed by atoms with E-state index in [0.29, 0.717) is 31.6 Å². The number of hydrogen-bond donors (Lipinski definition) is 1. The van der Waals surface area contributed by atoms with Crippen molar-refractivity contribution in [3.63, 3.8) is 0 Å². The normalized spacial score (nSPS) is 15.8. The Labute approximate surface area is 179 Å². The summed E-state index contributed by atoms with van der Waals surface area (Å²) in [5.41, 5.74) is 2.56. The van der Waals surface area contributed by atoms with Crippen molar-refractivity contribution < 1.29 is 13.2 Å². The Morgan fingerprint density at radius 2 is 2.00 bits per heavy atom. The molecule has 3 heterocycles. The molecule has 0 saturated carbocycles. The summed E-state index contributed by atoms with van der Waals surface area (Å²) in [7, 11) is -3.57. The number of aromatic nitrogens is 2. The molecule has 1 N–H and O–H groups in total. The van der Waals surface area contributed by atoms with Crippen LogP contribution in [0.2, 0.25) is 0 Å². The molecule has 1 aliphatic heterocycles. The minimum atomic E-state index is -3.57. The van der Waals surface area contributed by atoms with Crippen LogP contribution in [0.5, 0.6) is 0 Å². The first-order valence-corrected chi connectivity index (χ1v) is 12.0. The Kier molecular flexibility index (Phi) is 5.94. The van der Waals surface area contributed by atoms with Gasteiger partial charge in [-0.2, -0.15) is 4.31 Å². The lowest BCUT2D eigenvalue weighted by molar-refractivity contribution is -0.120. The molecular formula is C21H22N4O3S2. The molecular weight excluding hydrogens is 420 g/mol. The zero-order valence-corrected chi connectivity index (χ0v) is 18.1. The standard InChI is InChI=1S/C21H22N4O3S2/c1-15-23-20(14-29-15)17-4-2-5-18(12-17)24-21(26)16-7-10-25(11-8-16)30(27,28)19-6-3-9-22-13-19/h2-6,9,12-14,16H,7-8,10-11H2,1H3,(H,24,26). The number of hydrogen-bond acceptors (Lipinski definition) is 6. The quantitative estimate of drug-likeness (QED) is 0.652. The van der Waals surface area contributed by atoms with Gasteiger partial charge in [0.05, 0.1) is 10.7 Å². The van der Waals surface area contributed by atoms with Crippen molar-refractivity contribution in [1.82, 2.24) is 14.3 Å². The molecule has 2 aromatic heterocycles. The van der Waals surface area contributed by atoms with E-state index in [4.69, 9.17) is 0 Å². The smallest absolute Gasteiger partial charge is 0.244 e. The van der Waals surface area contributed by atoms with E-state index in [9.17, 15) is 13.2 Å². The summed E-state index contributed by atoms with van der Waals surface area (Å²) in [6.07, 6.45) is 3.86. The number of nitrogens with zero attached hydrogens (tertiary/aromatic N) is 3. The van der Waals surface area contributed by atoms with Gasteiger partial charge in [0.25, 0.3) is 0 Å². The number of carbonyl (C=O) groups excluding carboxylic acids is 1. The third kappa shape index (κ3) is 4.43. The zero-order valence-electron chi connectivity index (χ0n) is 16.5. The van der Waals surface area contributed by atoms with E-state index in [2.05, 4.69) is 15.3 Å². The molecule has 1 amide bonds. The molecule has 0 radical (unpaired) electrons. The maximum atomic E-state index is 12.7. The number of carbonyl (C=O) groups is 1. The molecule has 3 aromatic rings. The molecule has 0 unspecified atom stereocenters. The van der Waals surface area contributed by atoms with Gasteiger partial charge < -0.3 is 5.32 Å². The maximum Gasteiger partial charge on any atom is 0.244 e. The minimum Gasteiger partial charge on any atom is -0.326 e. The summed E-state index contributed by atoms with van der Waals surface area (Å²) in [4.78, 5) is 21.3. The maximum absolute atomic E-state index is 12.7. The van der Waals surface area contributed by atoms with Crippen LogP contribution in [-0.4, -0.2) is 41.7 Å². The van der Waals surface area contributed by atoms with Crippen LogP contribution in [0.3, 0.4) is 0 Å². The molecule has 30 heavy (non-hydrogen) atoms. The Bertz CT molecular complexity index is 1140. The van der Waals surface area contributed by atoms with Crippen LogP contribution in [0.15, 0.2) is 59.1 Å². The highest BCUT2D eigenvalue weighted by Gasteiger charge is 2.32. The molecule has 0 spiro atoms. The summed E-state index contributed by atoms with van der Waals surface area (Å²) in [5, 5.41) is 5.96. The number of nitrogens with one attached hydrogen (secondary N) is 1. The number of sulfonamides is 1. The van der Waals surface area contributed by atoms with Crippen LogP contribution in [-0.2, 0) is 14.8 Å². The first-order chi connectivity index (χ1) is 14.4. The minimum absolute atomic E-state index is 0.0833. The molecule has 1 aliphatic rings. The Morgan fingerprint density at radius 3 is 2.67 bits per heavy atom. The van der Waals surface area contributed by atoms with Gasteiger partial charge in [-0.05, 0) is 44.0 Å². The lowest BCUT2D eigenvalue weighted by Gasteiger charge is -2.30. The first kappa shape index (κ1) is 20.6. The third-order valence-corrected chi connectivity index (χ3v) is 7.80. The lowest BCUT2D eigenvalue weighted by Crippen LogP contribution is -2.41. The fourth-order valence-electron chi connectivity index (χ4n) is 3.50. The van der Waals surface area contributed by atoms with Crippen LogP contribution in [0.1, 0.15) is 17.8 Å². The van der Waals surface area contributed by atoms with Crippen LogP contribution >= 0.6 is 11.3 Å². The predicted octanol–water partition coefficient (Wildman–Crippen LogP) is 3.55. The molecule has 1 aromatic carbocycles. The molecule has 1 fully saturated rings. The van der Waals surface area contributed by atoms with Crippen molar-refractivity contribution in [2.45, 2.75) is 24.7 Å². The van der Waals surface area contributed by atoms with Crippen LogP contribution in [0.4, 0.5) is 5.69 Å². The summed E-state index contributed by atoms with van der Waals surface area (Å²) >= 11 is 1.59. The summed E-state index contributed by atoms with van der Waals surface area (Å²) in [6, 6.07) is 10.8. The van der Waals surface area contributed by atoms with E-state index in [1.165, 1.54) is 16.6 Å². The van der Waals surface area contributed by atoms with E-state index in [1.54, 1.807) is 23.6 Å². The van der Waals surface area contributed by atoms with Gasteiger partial charge in [0.15, 0.2) is 0 Å². The van der Waals surface area contributed by atoms with Crippen LogP contribution in [0.25, 0.3) is 11.3 Å². The molecule has 0 atom stereocenters. The molecule has 0 aliphatic carbocycles. The van der Waals surface area contributed by atoms with E-state index < -0.39 is 10.0 Å². The van der Waals surface area contributed by atoms with E-state index in [1.807, 2.05) is 36.6 Å². The molecule has 156 valence electrons. The van der Waals surface area contributed by atoms with Crippen molar-refractivity contribution in [3.8, 4) is 11.3 Å². The van der Waals surface area contributed by atoms with Crippen molar-refractivity contribution in [2.24, 2.45) is 5.92 Å². The van der Waals surface area contributed by atoms with Gasteiger partial charge in [-0.3, -0.25) is 9.78 Å². The van der Waals surface area contributed by atoms with E-state index >= 15 is 0 Å². The average molecular weight is 443 g/mol. The molecule has 0 bridgehead atoms. The van der Waals surface area contributed by atoms with Gasteiger partial charge in [0, 0.05) is 48.0 Å². The van der Waals surface area contributed by atoms with Gasteiger partial charge in [0.2, 0.25) is 15.9 Å². The second-order valence-corrected chi connectivity index (χ2v) is 10.2. The highest BCUT2D eigenvalue weighted by atomic mass is 32.2. The van der Waals surface area contributed by atoms with Gasteiger partial charge in [-0.1, -0.05) is 12.1 Å².